The summed E-state index contributed by atoms with van der Waals surface area (Å²) in [5, 5.41) is 0. The topological polar surface area (TPSA) is 67.9 Å². The summed E-state index contributed by atoms with van der Waals surface area (Å²) in [5.41, 5.74) is 3.51. The van der Waals surface area contributed by atoms with Gasteiger partial charge in [0, 0.05) is 38.3 Å². The van der Waals surface area contributed by atoms with E-state index in [1.54, 1.807) is 0 Å². The minimum Gasteiger partial charge on any atom is -0.422 e. The molecule has 22 heavy (non-hydrogen) atoms. The molecule has 1 unspecified atom stereocenters. The minimum atomic E-state index is 0.226. The summed E-state index contributed by atoms with van der Waals surface area (Å²) in [4.78, 5) is 19.4. The Hall–Kier alpha value is -2.50. The standard InChI is InChI=1S/C16H19N5O/c1-10-5-6-17-13(7-10)8-11(2)21(4)15-14-16(19-9-18-15)22-12(3)20-14/h5-7,9,11H,8H2,1-4H3. The first kappa shape index (κ1) is 14.4. The van der Waals surface area contributed by atoms with Gasteiger partial charge in [0.2, 0.25) is 0 Å². The van der Waals surface area contributed by atoms with E-state index in [0.717, 1.165) is 17.9 Å². The van der Waals surface area contributed by atoms with Crippen LogP contribution in [0, 0.1) is 13.8 Å². The van der Waals surface area contributed by atoms with E-state index in [1.807, 2.05) is 26.2 Å². The van der Waals surface area contributed by atoms with E-state index >= 15 is 0 Å². The Morgan fingerprint density at radius 2 is 2.05 bits per heavy atom. The van der Waals surface area contributed by atoms with E-state index in [1.165, 1.54) is 11.9 Å². The molecule has 0 radical (unpaired) electrons. The summed E-state index contributed by atoms with van der Waals surface area (Å²) in [6.45, 7) is 6.03. The predicted octanol–water partition coefficient (Wildman–Crippen LogP) is 2.70. The molecule has 0 saturated heterocycles. The highest BCUT2D eigenvalue weighted by Crippen LogP contribution is 2.24. The average molecular weight is 297 g/mol. The lowest BCUT2D eigenvalue weighted by molar-refractivity contribution is 0.551. The van der Waals surface area contributed by atoms with E-state index in [9.17, 15) is 0 Å². The first-order valence-corrected chi connectivity index (χ1v) is 7.27. The molecule has 3 rings (SSSR count). The quantitative estimate of drug-likeness (QED) is 0.737. The maximum Gasteiger partial charge on any atom is 0.252 e. The molecule has 6 heteroatoms. The Labute approximate surface area is 129 Å². The second kappa shape index (κ2) is 5.71. The third kappa shape index (κ3) is 2.77. The van der Waals surface area contributed by atoms with Crippen molar-refractivity contribution in [2.45, 2.75) is 33.2 Å². The molecule has 6 nitrogen and oxygen atoms in total. The van der Waals surface area contributed by atoms with Crippen LogP contribution >= 0.6 is 0 Å². The summed E-state index contributed by atoms with van der Waals surface area (Å²) >= 11 is 0. The number of likely N-dealkylation sites (N-methyl/N-ethyl adjacent to an activating group) is 1. The lowest BCUT2D eigenvalue weighted by atomic mass is 10.1. The van der Waals surface area contributed by atoms with Crippen molar-refractivity contribution in [3.8, 4) is 0 Å². The van der Waals surface area contributed by atoms with E-state index in [4.69, 9.17) is 4.42 Å². The Balaban J connectivity index is 1.87. The molecule has 0 fully saturated rings. The SMILES string of the molecule is Cc1ccnc(CC(C)N(C)c2ncnc3oc(C)nc23)c1. The van der Waals surface area contributed by atoms with Crippen molar-refractivity contribution in [1.82, 2.24) is 19.9 Å². The zero-order valence-corrected chi connectivity index (χ0v) is 13.2. The number of fused-ring (bicyclic) bond motifs is 1. The molecule has 0 aliphatic rings. The molecule has 1 atom stereocenters. The van der Waals surface area contributed by atoms with Crippen LogP contribution in [-0.2, 0) is 6.42 Å². The molecule has 0 N–H and O–H groups in total. The van der Waals surface area contributed by atoms with Crippen LogP contribution in [0.4, 0.5) is 5.82 Å². The van der Waals surface area contributed by atoms with Gasteiger partial charge in [-0.1, -0.05) is 0 Å². The molecule has 0 bridgehead atoms. The van der Waals surface area contributed by atoms with Crippen LogP contribution in [-0.4, -0.2) is 33.0 Å². The normalized spacial score (nSPS) is 12.5. The fourth-order valence-corrected chi connectivity index (χ4v) is 2.46. The zero-order chi connectivity index (χ0) is 15.7. The van der Waals surface area contributed by atoms with E-state index in [0.29, 0.717) is 17.1 Å². The summed E-state index contributed by atoms with van der Waals surface area (Å²) < 4.78 is 5.47. The lowest BCUT2D eigenvalue weighted by Gasteiger charge is -2.25. The first-order chi connectivity index (χ1) is 10.5. The molecule has 3 aromatic heterocycles. The van der Waals surface area contributed by atoms with Gasteiger partial charge in [-0.2, -0.15) is 4.98 Å². The second-order valence-corrected chi connectivity index (χ2v) is 5.57. The van der Waals surface area contributed by atoms with Gasteiger partial charge in [-0.25, -0.2) is 9.97 Å². The third-order valence-electron chi connectivity index (χ3n) is 3.75. The van der Waals surface area contributed by atoms with Gasteiger partial charge in [0.05, 0.1) is 0 Å². The Kier molecular flexibility index (Phi) is 3.75. The lowest BCUT2D eigenvalue weighted by Crippen LogP contribution is -2.32. The van der Waals surface area contributed by atoms with Gasteiger partial charge in [0.1, 0.15) is 6.33 Å². The smallest absolute Gasteiger partial charge is 0.252 e. The molecule has 0 aliphatic heterocycles. The van der Waals surface area contributed by atoms with Crippen molar-refractivity contribution >= 4 is 17.0 Å². The number of rotatable bonds is 4. The predicted molar refractivity (Wildman–Crippen MR) is 84.9 cm³/mol. The van der Waals surface area contributed by atoms with Crippen LogP contribution in [0.25, 0.3) is 11.2 Å². The maximum atomic E-state index is 5.47. The highest BCUT2D eigenvalue weighted by atomic mass is 16.4. The molecular formula is C16H19N5O. The van der Waals surface area contributed by atoms with E-state index in [-0.39, 0.29) is 6.04 Å². The monoisotopic (exact) mass is 297 g/mol. The number of hydrogen-bond acceptors (Lipinski definition) is 6. The number of oxazole rings is 1. The Morgan fingerprint density at radius 3 is 2.82 bits per heavy atom. The summed E-state index contributed by atoms with van der Waals surface area (Å²) in [6, 6.07) is 4.34. The molecule has 0 aromatic carbocycles. The Bertz CT molecular complexity index is 798. The van der Waals surface area contributed by atoms with Gasteiger partial charge in [0.25, 0.3) is 5.71 Å². The van der Waals surface area contributed by atoms with E-state index < -0.39 is 0 Å². The number of anilines is 1. The van der Waals surface area contributed by atoms with Crippen LogP contribution in [0.2, 0.25) is 0 Å². The van der Waals surface area contributed by atoms with Crippen LogP contribution in [0.1, 0.15) is 24.1 Å². The van der Waals surface area contributed by atoms with Gasteiger partial charge in [-0.05, 0) is 31.5 Å². The van der Waals surface area contributed by atoms with Crippen molar-refractivity contribution in [1.29, 1.82) is 0 Å². The number of nitrogens with zero attached hydrogens (tertiary/aromatic N) is 5. The van der Waals surface area contributed by atoms with Gasteiger partial charge >= 0.3 is 0 Å². The van der Waals surface area contributed by atoms with Crippen molar-refractivity contribution in [3.05, 3.63) is 41.8 Å². The first-order valence-electron chi connectivity index (χ1n) is 7.27. The highest BCUT2D eigenvalue weighted by Gasteiger charge is 2.18. The maximum absolute atomic E-state index is 5.47. The summed E-state index contributed by atoms with van der Waals surface area (Å²) in [5.74, 6) is 1.38. The molecule has 114 valence electrons. The number of pyridine rings is 1. The van der Waals surface area contributed by atoms with Gasteiger partial charge in [0.15, 0.2) is 17.2 Å². The molecule has 3 aromatic rings. The molecule has 0 aliphatic carbocycles. The molecule has 0 saturated carbocycles. The Morgan fingerprint density at radius 1 is 1.23 bits per heavy atom. The van der Waals surface area contributed by atoms with Crippen LogP contribution in [0.15, 0.2) is 29.1 Å². The third-order valence-corrected chi connectivity index (χ3v) is 3.75. The number of aryl methyl sites for hydroxylation is 2. The molecule has 3 heterocycles. The fourth-order valence-electron chi connectivity index (χ4n) is 2.46. The number of aromatic nitrogens is 4. The minimum absolute atomic E-state index is 0.226. The largest absolute Gasteiger partial charge is 0.422 e. The summed E-state index contributed by atoms with van der Waals surface area (Å²) in [6.07, 6.45) is 4.19. The molecule has 0 amide bonds. The fraction of sp³-hybridized carbons (Fsp3) is 0.375. The van der Waals surface area contributed by atoms with Gasteiger partial charge < -0.3 is 9.32 Å². The van der Waals surface area contributed by atoms with Gasteiger partial charge in [-0.3, -0.25) is 4.98 Å². The van der Waals surface area contributed by atoms with Crippen molar-refractivity contribution in [2.75, 3.05) is 11.9 Å². The van der Waals surface area contributed by atoms with Crippen LogP contribution in [0.5, 0.6) is 0 Å². The summed E-state index contributed by atoms with van der Waals surface area (Å²) in [7, 11) is 2.01. The van der Waals surface area contributed by atoms with E-state index in [2.05, 4.69) is 44.7 Å². The van der Waals surface area contributed by atoms with Crippen molar-refractivity contribution < 1.29 is 4.42 Å². The van der Waals surface area contributed by atoms with Crippen LogP contribution < -0.4 is 4.90 Å². The molecular weight excluding hydrogens is 278 g/mol. The average Bonchev–Trinajstić information content (AvgIpc) is 2.86. The zero-order valence-electron chi connectivity index (χ0n) is 13.2. The second-order valence-electron chi connectivity index (χ2n) is 5.57. The highest BCUT2D eigenvalue weighted by molar-refractivity contribution is 5.81. The van der Waals surface area contributed by atoms with Gasteiger partial charge in [-0.15, -0.1) is 0 Å². The number of hydrogen-bond donors (Lipinski definition) is 0. The van der Waals surface area contributed by atoms with Crippen molar-refractivity contribution in [2.24, 2.45) is 0 Å². The van der Waals surface area contributed by atoms with Crippen LogP contribution in [0.3, 0.4) is 0 Å². The molecule has 0 spiro atoms. The van der Waals surface area contributed by atoms with Crippen molar-refractivity contribution in [3.63, 3.8) is 0 Å².